The van der Waals surface area contributed by atoms with E-state index in [0.717, 1.165) is 29.8 Å². The fourth-order valence-corrected chi connectivity index (χ4v) is 3.05. The number of fused-ring (bicyclic) bond motifs is 1. The van der Waals surface area contributed by atoms with E-state index < -0.39 is 0 Å². The Morgan fingerprint density at radius 3 is 2.78 bits per heavy atom. The van der Waals surface area contributed by atoms with Crippen LogP contribution in [0.25, 0.3) is 11.3 Å². The van der Waals surface area contributed by atoms with Crippen LogP contribution in [0.2, 0.25) is 0 Å². The molecule has 0 amide bonds. The molecule has 1 unspecified atom stereocenters. The molecular weight excluding hydrogens is 290 g/mol. The van der Waals surface area contributed by atoms with Gasteiger partial charge in [-0.25, -0.2) is 4.98 Å². The van der Waals surface area contributed by atoms with E-state index in [4.69, 9.17) is 5.73 Å². The summed E-state index contributed by atoms with van der Waals surface area (Å²) in [6.07, 6.45) is 1.93. The number of nitrogens with zero attached hydrogens (tertiary/aromatic N) is 2. The lowest BCUT2D eigenvalue weighted by atomic mass is 10.00. The molecule has 4 heteroatoms. The van der Waals surface area contributed by atoms with Gasteiger partial charge in [-0.3, -0.25) is 0 Å². The van der Waals surface area contributed by atoms with E-state index in [-0.39, 0.29) is 6.04 Å². The molecule has 1 aliphatic rings. The van der Waals surface area contributed by atoms with Crippen molar-refractivity contribution in [1.29, 1.82) is 0 Å². The number of hydrogen-bond acceptors (Lipinski definition) is 2. The Hall–Kier alpha value is -1.13. The van der Waals surface area contributed by atoms with Crippen LogP contribution in [0.15, 0.2) is 29.0 Å². The van der Waals surface area contributed by atoms with Crippen molar-refractivity contribution in [3.8, 4) is 11.3 Å². The molecule has 0 saturated carbocycles. The Labute approximate surface area is 115 Å². The lowest BCUT2D eigenvalue weighted by molar-refractivity contribution is 0.467. The molecule has 0 saturated heterocycles. The lowest BCUT2D eigenvalue weighted by Gasteiger charge is -2.21. The molecule has 0 spiro atoms. The van der Waals surface area contributed by atoms with E-state index in [2.05, 4.69) is 56.7 Å². The quantitative estimate of drug-likeness (QED) is 0.880. The van der Waals surface area contributed by atoms with Crippen LogP contribution < -0.4 is 5.73 Å². The Morgan fingerprint density at radius 1 is 1.33 bits per heavy atom. The summed E-state index contributed by atoms with van der Waals surface area (Å²) in [5, 5.41) is 0. The minimum atomic E-state index is 0.255. The van der Waals surface area contributed by atoms with Gasteiger partial charge in [-0.15, -0.1) is 0 Å². The molecule has 2 aromatic rings. The van der Waals surface area contributed by atoms with Crippen LogP contribution in [-0.2, 0) is 13.0 Å². The van der Waals surface area contributed by atoms with Crippen molar-refractivity contribution >= 4 is 15.9 Å². The second kappa shape index (κ2) is 4.52. The van der Waals surface area contributed by atoms with E-state index in [0.29, 0.717) is 0 Å². The minimum absolute atomic E-state index is 0.255. The first-order chi connectivity index (χ1) is 8.65. The molecule has 94 valence electrons. The normalized spacial score (nSPS) is 18.7. The molecule has 1 aromatic heterocycles. The van der Waals surface area contributed by atoms with Gasteiger partial charge in [0.05, 0.1) is 5.69 Å². The van der Waals surface area contributed by atoms with Crippen molar-refractivity contribution in [2.45, 2.75) is 32.4 Å². The van der Waals surface area contributed by atoms with Gasteiger partial charge < -0.3 is 10.3 Å². The summed E-state index contributed by atoms with van der Waals surface area (Å²) in [7, 11) is 0. The number of hydrogen-bond donors (Lipinski definition) is 1. The van der Waals surface area contributed by atoms with Gasteiger partial charge in [0.1, 0.15) is 0 Å². The molecule has 0 bridgehead atoms. The monoisotopic (exact) mass is 305 g/mol. The maximum absolute atomic E-state index is 6.07. The number of benzene rings is 1. The molecule has 0 fully saturated rings. The topological polar surface area (TPSA) is 43.8 Å². The van der Waals surface area contributed by atoms with Gasteiger partial charge in [0.2, 0.25) is 0 Å². The van der Waals surface area contributed by atoms with Gasteiger partial charge >= 0.3 is 0 Å². The number of nitrogens with two attached hydrogens (primary N) is 1. The summed E-state index contributed by atoms with van der Waals surface area (Å²) in [6, 6.07) is 8.76. The maximum atomic E-state index is 6.07. The van der Waals surface area contributed by atoms with Crippen molar-refractivity contribution in [1.82, 2.24) is 9.55 Å². The number of rotatable bonds is 1. The highest BCUT2D eigenvalue weighted by molar-refractivity contribution is 9.10. The first-order valence-electron chi connectivity index (χ1n) is 6.22. The number of halogens is 1. The number of aromatic nitrogens is 2. The largest absolute Gasteiger partial charge is 0.327 e. The van der Waals surface area contributed by atoms with Crippen molar-refractivity contribution in [3.63, 3.8) is 0 Å². The molecule has 0 aliphatic carbocycles. The van der Waals surface area contributed by atoms with E-state index in [1.807, 2.05) is 0 Å². The lowest BCUT2D eigenvalue weighted by Crippen LogP contribution is -2.30. The molecule has 1 aliphatic heterocycles. The average Bonchev–Trinajstić information content (AvgIpc) is 2.67. The highest BCUT2D eigenvalue weighted by Crippen LogP contribution is 2.30. The Morgan fingerprint density at radius 2 is 2.06 bits per heavy atom. The molecule has 3 rings (SSSR count). The summed E-state index contributed by atoms with van der Waals surface area (Å²) in [5.41, 5.74) is 10.8. The molecule has 0 radical (unpaired) electrons. The van der Waals surface area contributed by atoms with Crippen LogP contribution >= 0.6 is 15.9 Å². The minimum Gasteiger partial charge on any atom is -0.327 e. The summed E-state index contributed by atoms with van der Waals surface area (Å²) in [5.74, 6) is 0. The average molecular weight is 306 g/mol. The standard InChI is InChI=1S/C14H16BrN3/c1-9-2-4-10(5-3-9)13-12-8-11(16)6-7-18(12)14(15)17-13/h2-5,11H,6-8,16H2,1H3. The Balaban J connectivity index is 2.10. The third-order valence-corrected chi connectivity index (χ3v) is 4.14. The van der Waals surface area contributed by atoms with Gasteiger partial charge in [0, 0.05) is 30.3 Å². The summed E-state index contributed by atoms with van der Waals surface area (Å²) in [4.78, 5) is 4.65. The van der Waals surface area contributed by atoms with E-state index >= 15 is 0 Å². The van der Waals surface area contributed by atoms with Gasteiger partial charge in [-0.2, -0.15) is 0 Å². The van der Waals surface area contributed by atoms with Crippen molar-refractivity contribution in [3.05, 3.63) is 40.3 Å². The third-order valence-electron chi connectivity index (χ3n) is 3.53. The highest BCUT2D eigenvalue weighted by Gasteiger charge is 2.23. The van der Waals surface area contributed by atoms with Crippen LogP contribution in [0.5, 0.6) is 0 Å². The molecule has 1 aromatic carbocycles. The van der Waals surface area contributed by atoms with Crippen LogP contribution in [-0.4, -0.2) is 15.6 Å². The molecule has 1 atom stereocenters. The third kappa shape index (κ3) is 1.99. The first-order valence-corrected chi connectivity index (χ1v) is 7.02. The van der Waals surface area contributed by atoms with Crippen LogP contribution in [0, 0.1) is 6.92 Å². The Bertz CT molecular complexity index is 571. The maximum Gasteiger partial charge on any atom is 0.177 e. The molecule has 3 nitrogen and oxygen atoms in total. The fourth-order valence-electron chi connectivity index (χ4n) is 2.48. The second-order valence-corrected chi connectivity index (χ2v) is 5.66. The van der Waals surface area contributed by atoms with E-state index in [9.17, 15) is 0 Å². The Kier molecular flexibility index (Phi) is 2.99. The van der Waals surface area contributed by atoms with Crippen LogP contribution in [0.3, 0.4) is 0 Å². The van der Waals surface area contributed by atoms with Crippen LogP contribution in [0.4, 0.5) is 0 Å². The van der Waals surface area contributed by atoms with Gasteiger partial charge in [-0.05, 0) is 29.3 Å². The molecule has 18 heavy (non-hydrogen) atoms. The smallest absolute Gasteiger partial charge is 0.177 e. The zero-order valence-electron chi connectivity index (χ0n) is 10.4. The zero-order chi connectivity index (χ0) is 12.7. The van der Waals surface area contributed by atoms with Crippen LogP contribution in [0.1, 0.15) is 17.7 Å². The summed E-state index contributed by atoms with van der Waals surface area (Å²) in [6.45, 7) is 3.05. The molecular formula is C14H16BrN3. The van der Waals surface area contributed by atoms with E-state index in [1.165, 1.54) is 16.8 Å². The van der Waals surface area contributed by atoms with E-state index in [1.54, 1.807) is 0 Å². The van der Waals surface area contributed by atoms with Gasteiger partial charge in [-0.1, -0.05) is 29.8 Å². The van der Waals surface area contributed by atoms with Crippen molar-refractivity contribution < 1.29 is 0 Å². The van der Waals surface area contributed by atoms with Crippen molar-refractivity contribution in [2.24, 2.45) is 5.73 Å². The predicted octanol–water partition coefficient (Wildman–Crippen LogP) is 2.89. The highest BCUT2D eigenvalue weighted by atomic mass is 79.9. The SMILES string of the molecule is Cc1ccc(-c2nc(Br)n3c2CC(N)CC3)cc1. The predicted molar refractivity (Wildman–Crippen MR) is 76.4 cm³/mol. The molecule has 2 heterocycles. The number of imidazole rings is 1. The van der Waals surface area contributed by atoms with Crippen molar-refractivity contribution in [2.75, 3.05) is 0 Å². The molecule has 2 N–H and O–H groups in total. The summed E-state index contributed by atoms with van der Waals surface area (Å²) >= 11 is 3.55. The van der Waals surface area contributed by atoms with Gasteiger partial charge in [0.25, 0.3) is 0 Å². The fraction of sp³-hybridized carbons (Fsp3) is 0.357. The number of aryl methyl sites for hydroxylation is 1. The second-order valence-electron chi connectivity index (χ2n) is 4.95. The summed E-state index contributed by atoms with van der Waals surface area (Å²) < 4.78 is 3.15. The van der Waals surface area contributed by atoms with Gasteiger partial charge in [0.15, 0.2) is 4.73 Å². The first kappa shape index (κ1) is 11.9. The zero-order valence-corrected chi connectivity index (χ0v) is 11.9.